The molecule has 1 N–H and O–H groups in total. The van der Waals surface area contributed by atoms with Gasteiger partial charge in [0.25, 0.3) is 0 Å². The van der Waals surface area contributed by atoms with Crippen LogP contribution in [0.3, 0.4) is 0 Å². The average molecular weight is 364 g/mol. The third-order valence-electron chi connectivity index (χ3n) is 2.81. The van der Waals surface area contributed by atoms with E-state index in [9.17, 15) is 0 Å². The molecule has 0 heterocycles. The predicted molar refractivity (Wildman–Crippen MR) is 81.3 cm³/mol. The van der Waals surface area contributed by atoms with E-state index in [0.717, 1.165) is 41.7 Å². The normalized spacial score (nSPS) is 11.1. The van der Waals surface area contributed by atoms with Gasteiger partial charge in [0, 0.05) is 28.6 Å². The van der Waals surface area contributed by atoms with E-state index in [4.69, 9.17) is 0 Å². The van der Waals surface area contributed by atoms with Crippen molar-refractivity contribution in [3.05, 3.63) is 32.7 Å². The van der Waals surface area contributed by atoms with E-state index in [1.54, 1.807) is 0 Å². The number of nitrogens with one attached hydrogen (secondary N) is 1. The molecule has 0 saturated heterocycles. The van der Waals surface area contributed by atoms with E-state index in [-0.39, 0.29) is 0 Å². The van der Waals surface area contributed by atoms with Gasteiger partial charge in [0.1, 0.15) is 0 Å². The van der Waals surface area contributed by atoms with Crippen molar-refractivity contribution in [3.8, 4) is 0 Å². The standard InChI is InChI=1S/C13H20Br2N2/c1-3-17(4-2)8-7-16-10-11-5-6-12(14)13(15)9-11/h5-6,9,16H,3-4,7-8,10H2,1-2H3. The van der Waals surface area contributed by atoms with Crippen LogP contribution in [0.25, 0.3) is 0 Å². The summed E-state index contributed by atoms with van der Waals surface area (Å²) in [6.45, 7) is 9.74. The van der Waals surface area contributed by atoms with Crippen molar-refractivity contribution in [2.75, 3.05) is 26.2 Å². The molecule has 0 aromatic heterocycles. The molecule has 0 spiro atoms. The zero-order chi connectivity index (χ0) is 12.7. The van der Waals surface area contributed by atoms with E-state index in [2.05, 4.69) is 74.1 Å². The lowest BCUT2D eigenvalue weighted by Gasteiger charge is -2.18. The van der Waals surface area contributed by atoms with Crippen molar-refractivity contribution in [1.82, 2.24) is 10.2 Å². The van der Waals surface area contributed by atoms with Gasteiger partial charge in [-0.1, -0.05) is 19.9 Å². The first-order chi connectivity index (χ1) is 8.17. The van der Waals surface area contributed by atoms with Gasteiger partial charge in [-0.3, -0.25) is 0 Å². The van der Waals surface area contributed by atoms with Gasteiger partial charge >= 0.3 is 0 Å². The Balaban J connectivity index is 2.28. The Morgan fingerprint density at radius 2 is 1.82 bits per heavy atom. The highest BCUT2D eigenvalue weighted by Gasteiger charge is 2.00. The average Bonchev–Trinajstić information content (AvgIpc) is 2.34. The molecule has 0 aliphatic carbocycles. The van der Waals surface area contributed by atoms with E-state index >= 15 is 0 Å². The molecule has 4 heteroatoms. The molecule has 0 saturated carbocycles. The highest BCUT2D eigenvalue weighted by molar-refractivity contribution is 9.13. The molecule has 0 aliphatic rings. The second kappa shape index (κ2) is 8.25. The van der Waals surface area contributed by atoms with Gasteiger partial charge < -0.3 is 10.2 Å². The first kappa shape index (κ1) is 15.2. The highest BCUT2D eigenvalue weighted by atomic mass is 79.9. The Morgan fingerprint density at radius 3 is 2.41 bits per heavy atom. The minimum absolute atomic E-state index is 0.924. The number of hydrogen-bond donors (Lipinski definition) is 1. The summed E-state index contributed by atoms with van der Waals surface area (Å²) >= 11 is 6.99. The molecule has 1 aromatic rings. The number of rotatable bonds is 7. The van der Waals surface area contributed by atoms with Crippen molar-refractivity contribution in [2.24, 2.45) is 0 Å². The first-order valence-electron chi connectivity index (χ1n) is 6.04. The monoisotopic (exact) mass is 362 g/mol. The van der Waals surface area contributed by atoms with Crippen LogP contribution in [-0.4, -0.2) is 31.1 Å². The number of benzene rings is 1. The molecule has 0 atom stereocenters. The SMILES string of the molecule is CCN(CC)CCNCc1ccc(Br)c(Br)c1. The predicted octanol–water partition coefficient (Wildman–Crippen LogP) is 3.64. The Bertz CT molecular complexity index is 338. The van der Waals surface area contributed by atoms with Crippen molar-refractivity contribution in [3.63, 3.8) is 0 Å². The molecule has 96 valence electrons. The number of nitrogens with zero attached hydrogens (tertiary/aromatic N) is 1. The molecular weight excluding hydrogens is 344 g/mol. The summed E-state index contributed by atoms with van der Waals surface area (Å²) < 4.78 is 2.21. The smallest absolute Gasteiger partial charge is 0.0320 e. The quantitative estimate of drug-likeness (QED) is 0.744. The Morgan fingerprint density at radius 1 is 1.12 bits per heavy atom. The maximum Gasteiger partial charge on any atom is 0.0320 e. The maximum absolute atomic E-state index is 3.52. The van der Waals surface area contributed by atoms with Crippen molar-refractivity contribution in [2.45, 2.75) is 20.4 Å². The Labute approximate surface area is 121 Å². The molecule has 0 unspecified atom stereocenters. The van der Waals surface area contributed by atoms with E-state index in [1.807, 2.05) is 0 Å². The number of halogens is 2. The zero-order valence-electron chi connectivity index (χ0n) is 10.5. The van der Waals surface area contributed by atoms with Crippen LogP contribution in [0.1, 0.15) is 19.4 Å². The van der Waals surface area contributed by atoms with E-state index < -0.39 is 0 Å². The molecule has 2 nitrogen and oxygen atoms in total. The minimum atomic E-state index is 0.924. The van der Waals surface area contributed by atoms with Gasteiger partial charge in [-0.15, -0.1) is 0 Å². The second-order valence-electron chi connectivity index (χ2n) is 3.95. The lowest BCUT2D eigenvalue weighted by molar-refractivity contribution is 0.302. The molecule has 1 aromatic carbocycles. The van der Waals surface area contributed by atoms with Gasteiger partial charge in [-0.2, -0.15) is 0 Å². The van der Waals surface area contributed by atoms with Crippen LogP contribution >= 0.6 is 31.9 Å². The molecule has 0 aliphatic heterocycles. The lowest BCUT2D eigenvalue weighted by Crippen LogP contribution is -2.31. The molecular formula is C13H20Br2N2. The second-order valence-corrected chi connectivity index (χ2v) is 5.66. The van der Waals surface area contributed by atoms with Crippen LogP contribution in [0.5, 0.6) is 0 Å². The molecule has 0 bridgehead atoms. The third-order valence-corrected chi connectivity index (χ3v) is 4.69. The molecule has 0 amide bonds. The van der Waals surface area contributed by atoms with Crippen molar-refractivity contribution < 1.29 is 0 Å². The molecule has 0 radical (unpaired) electrons. The van der Waals surface area contributed by atoms with Crippen LogP contribution < -0.4 is 5.32 Å². The van der Waals surface area contributed by atoms with E-state index in [0.29, 0.717) is 0 Å². The van der Waals surface area contributed by atoms with Crippen LogP contribution in [0.15, 0.2) is 27.1 Å². The van der Waals surface area contributed by atoms with E-state index in [1.165, 1.54) is 5.56 Å². The third kappa shape index (κ3) is 5.51. The first-order valence-corrected chi connectivity index (χ1v) is 7.63. The summed E-state index contributed by atoms with van der Waals surface area (Å²) in [7, 11) is 0. The molecule has 17 heavy (non-hydrogen) atoms. The largest absolute Gasteiger partial charge is 0.311 e. The molecule has 1 rings (SSSR count). The van der Waals surface area contributed by atoms with Crippen LogP contribution in [0.4, 0.5) is 0 Å². The Kier molecular flexibility index (Phi) is 7.35. The number of hydrogen-bond acceptors (Lipinski definition) is 2. The fraction of sp³-hybridized carbons (Fsp3) is 0.538. The fourth-order valence-electron chi connectivity index (χ4n) is 1.66. The summed E-state index contributed by atoms with van der Waals surface area (Å²) in [6.07, 6.45) is 0. The summed E-state index contributed by atoms with van der Waals surface area (Å²) in [5.74, 6) is 0. The van der Waals surface area contributed by atoms with Crippen molar-refractivity contribution in [1.29, 1.82) is 0 Å². The van der Waals surface area contributed by atoms with Gasteiger partial charge in [0.15, 0.2) is 0 Å². The Hall–Kier alpha value is 0.1000. The summed E-state index contributed by atoms with van der Waals surface area (Å²) in [4.78, 5) is 2.42. The number of likely N-dealkylation sites (N-methyl/N-ethyl adjacent to an activating group) is 1. The molecule has 0 fully saturated rings. The topological polar surface area (TPSA) is 15.3 Å². The fourth-order valence-corrected chi connectivity index (χ4v) is 2.33. The summed E-state index contributed by atoms with van der Waals surface area (Å²) in [5.41, 5.74) is 1.31. The zero-order valence-corrected chi connectivity index (χ0v) is 13.6. The van der Waals surface area contributed by atoms with Crippen LogP contribution in [0.2, 0.25) is 0 Å². The lowest BCUT2D eigenvalue weighted by atomic mass is 10.2. The van der Waals surface area contributed by atoms with Gasteiger partial charge in [0.05, 0.1) is 0 Å². The van der Waals surface area contributed by atoms with Crippen molar-refractivity contribution >= 4 is 31.9 Å². The van der Waals surface area contributed by atoms with Crippen LogP contribution in [-0.2, 0) is 6.54 Å². The highest BCUT2D eigenvalue weighted by Crippen LogP contribution is 2.23. The maximum atomic E-state index is 3.52. The van der Waals surface area contributed by atoms with Gasteiger partial charge in [0.2, 0.25) is 0 Å². The van der Waals surface area contributed by atoms with Crippen LogP contribution in [0, 0.1) is 0 Å². The summed E-state index contributed by atoms with van der Waals surface area (Å²) in [6, 6.07) is 6.36. The van der Waals surface area contributed by atoms with Gasteiger partial charge in [-0.05, 0) is 62.6 Å². The summed E-state index contributed by atoms with van der Waals surface area (Å²) in [5, 5.41) is 3.47. The van der Waals surface area contributed by atoms with Gasteiger partial charge in [-0.25, -0.2) is 0 Å². The minimum Gasteiger partial charge on any atom is -0.311 e.